The number of benzene rings is 2. The molecule has 30 heavy (non-hydrogen) atoms. The zero-order chi connectivity index (χ0) is 20.4. The van der Waals surface area contributed by atoms with Crippen LogP contribution in [0.25, 0.3) is 0 Å². The fraction of sp³-hybridized carbons (Fsp3) is 0.385. The van der Waals surface area contributed by atoms with Crippen LogP contribution in [0.1, 0.15) is 0 Å². The molecule has 6 fully saturated rings. The van der Waals surface area contributed by atoms with Gasteiger partial charge in [0.25, 0.3) is 0 Å². The summed E-state index contributed by atoms with van der Waals surface area (Å²) in [5, 5.41) is 3.23. The Morgan fingerprint density at radius 2 is 0.900 bits per heavy atom. The Bertz CT molecular complexity index is 944. The van der Waals surface area contributed by atoms with Crippen LogP contribution in [0, 0.1) is 23.7 Å². The van der Waals surface area contributed by atoms with E-state index in [-0.39, 0.29) is 0 Å². The molecule has 4 heteroatoms. The third-order valence-corrected chi connectivity index (χ3v) is 21.8. The first kappa shape index (κ1) is 17.6. The molecule has 2 aromatic rings. The number of hydrogen-bond donors (Lipinski definition) is 0. The first-order valence-electron chi connectivity index (χ1n) is 11.2. The number of ether oxygens (including phenoxy) is 2. The van der Waals surface area contributed by atoms with Gasteiger partial charge in [-0.2, -0.15) is 0 Å². The zero-order valence-corrected chi connectivity index (χ0v) is 19.6. The highest BCUT2D eigenvalue weighted by Gasteiger charge is 2.96. The van der Waals surface area contributed by atoms with Crippen molar-refractivity contribution in [1.82, 2.24) is 0 Å². The molecule has 0 N–H and O–H groups in total. The fourth-order valence-corrected chi connectivity index (χ4v) is 24.6. The van der Waals surface area contributed by atoms with Gasteiger partial charge in [0.15, 0.2) is 0 Å². The summed E-state index contributed by atoms with van der Waals surface area (Å²) in [6.07, 6.45) is 0. The minimum Gasteiger partial charge on any atom is -0.497 e. The Labute approximate surface area is 180 Å². The van der Waals surface area contributed by atoms with E-state index in [4.69, 9.17) is 9.47 Å². The molecule has 2 saturated carbocycles. The lowest BCUT2D eigenvalue weighted by Gasteiger charge is -2.59. The van der Waals surface area contributed by atoms with E-state index in [1.165, 1.54) is 0 Å². The van der Waals surface area contributed by atoms with Crippen molar-refractivity contribution >= 4 is 26.5 Å². The topological polar surface area (TPSA) is 18.5 Å². The summed E-state index contributed by atoms with van der Waals surface area (Å²) in [6, 6.07) is 18.2. The van der Waals surface area contributed by atoms with E-state index in [9.17, 15) is 0 Å². The van der Waals surface area contributed by atoms with Gasteiger partial charge in [-0.3, -0.25) is 0 Å². The zero-order valence-electron chi connectivity index (χ0n) is 17.6. The molecule has 2 nitrogen and oxygen atoms in total. The smallest absolute Gasteiger partial charge is 0.118 e. The molecule has 4 aliphatic heterocycles. The van der Waals surface area contributed by atoms with Crippen molar-refractivity contribution < 1.29 is 9.47 Å². The molecule has 0 aromatic heterocycles. The average molecular weight is 429 g/mol. The summed E-state index contributed by atoms with van der Waals surface area (Å²) in [7, 11) is 0.178. The molecular formula is C26H28O2Si2. The van der Waals surface area contributed by atoms with E-state index in [1.54, 1.807) is 24.6 Å². The molecule has 4 bridgehead atoms. The third-order valence-electron chi connectivity index (χ3n) is 10.3. The fourth-order valence-electron chi connectivity index (χ4n) is 9.85. The van der Waals surface area contributed by atoms with Gasteiger partial charge in [0, 0.05) is 0 Å². The second-order valence-electron chi connectivity index (χ2n) is 10.1. The van der Waals surface area contributed by atoms with E-state index in [0.29, 0.717) is 0 Å². The Morgan fingerprint density at radius 3 is 1.13 bits per heavy atom. The molecule has 0 spiro atoms. The highest BCUT2D eigenvalue weighted by molar-refractivity contribution is 7.05. The maximum Gasteiger partial charge on any atom is 0.118 e. The molecule has 8 rings (SSSR count). The molecule has 0 unspecified atom stereocenters. The van der Waals surface area contributed by atoms with E-state index < -0.39 is 16.1 Å². The quantitative estimate of drug-likeness (QED) is 0.643. The van der Waals surface area contributed by atoms with Gasteiger partial charge < -0.3 is 9.47 Å². The highest BCUT2D eigenvalue weighted by Crippen LogP contribution is 2.99. The van der Waals surface area contributed by atoms with Gasteiger partial charge >= 0.3 is 0 Å². The Hall–Kier alpha value is -2.05. The van der Waals surface area contributed by atoms with Gasteiger partial charge in [0.05, 0.1) is 14.2 Å². The van der Waals surface area contributed by atoms with Crippen LogP contribution in [0.3, 0.4) is 0 Å². The van der Waals surface area contributed by atoms with Gasteiger partial charge in [-0.25, -0.2) is 0 Å². The first-order valence-corrected chi connectivity index (χ1v) is 15.7. The van der Waals surface area contributed by atoms with Gasteiger partial charge in [-0.15, -0.1) is 13.2 Å². The van der Waals surface area contributed by atoms with Gasteiger partial charge in [-0.1, -0.05) is 46.0 Å². The van der Waals surface area contributed by atoms with E-state index in [1.807, 2.05) is 0 Å². The summed E-state index contributed by atoms with van der Waals surface area (Å²) >= 11 is 0. The lowest BCUT2D eigenvalue weighted by atomic mass is 9.45. The second-order valence-corrected chi connectivity index (χ2v) is 18.5. The van der Waals surface area contributed by atoms with Gasteiger partial charge in [0.1, 0.15) is 27.6 Å². The predicted octanol–water partition coefficient (Wildman–Crippen LogP) is 4.18. The van der Waals surface area contributed by atoms with Crippen LogP contribution in [-0.2, 0) is 0 Å². The molecule has 4 heterocycles. The van der Waals surface area contributed by atoms with Crippen molar-refractivity contribution in [3.8, 4) is 11.5 Å². The van der Waals surface area contributed by atoms with E-state index in [2.05, 4.69) is 73.1 Å². The minimum atomic E-state index is -1.67. The number of methoxy groups -OCH3 is 2. The number of hydrogen-bond acceptors (Lipinski definition) is 2. The predicted molar refractivity (Wildman–Crippen MR) is 126 cm³/mol. The van der Waals surface area contributed by atoms with Crippen molar-refractivity contribution in [3.05, 3.63) is 73.1 Å². The summed E-state index contributed by atoms with van der Waals surface area (Å²) in [5.74, 6) is 5.69. The third kappa shape index (κ3) is 1.50. The van der Waals surface area contributed by atoms with Crippen molar-refractivity contribution in [2.24, 2.45) is 23.7 Å². The normalized spacial score (nSPS) is 47.5. The minimum absolute atomic E-state index is 0.928. The van der Waals surface area contributed by atoms with Crippen molar-refractivity contribution in [2.45, 2.75) is 22.2 Å². The molecule has 0 radical (unpaired) electrons. The SMILES string of the molecule is C=C[Si]1(c2ccc(OC)cc2)C2C3C4C1C1C2C3[Si](C=C)(c2ccc(OC)cc2)C41. The number of rotatable bonds is 6. The van der Waals surface area contributed by atoms with Crippen LogP contribution in [0.4, 0.5) is 0 Å². The molecular weight excluding hydrogens is 400 g/mol. The van der Waals surface area contributed by atoms with Gasteiger partial charge in [-0.05, 0) is 70.1 Å². The molecule has 4 saturated heterocycles. The molecule has 0 amide bonds. The molecule has 0 atom stereocenters. The van der Waals surface area contributed by atoms with Crippen LogP contribution >= 0.6 is 0 Å². The first-order chi connectivity index (χ1) is 14.7. The van der Waals surface area contributed by atoms with Crippen LogP contribution in [-0.4, -0.2) is 30.4 Å². The van der Waals surface area contributed by atoms with Crippen molar-refractivity contribution in [1.29, 1.82) is 0 Å². The van der Waals surface area contributed by atoms with Crippen molar-refractivity contribution in [2.75, 3.05) is 14.2 Å². The highest BCUT2D eigenvalue weighted by atomic mass is 28.3. The Morgan fingerprint density at radius 1 is 0.600 bits per heavy atom. The largest absolute Gasteiger partial charge is 0.497 e. The van der Waals surface area contributed by atoms with Crippen LogP contribution in [0.15, 0.2) is 73.1 Å². The van der Waals surface area contributed by atoms with Crippen LogP contribution in [0.2, 0.25) is 22.2 Å². The second kappa shape index (κ2) is 5.41. The lowest BCUT2D eigenvalue weighted by Crippen LogP contribution is -2.60. The van der Waals surface area contributed by atoms with E-state index >= 15 is 0 Å². The maximum absolute atomic E-state index is 5.43. The summed E-state index contributed by atoms with van der Waals surface area (Å²) < 4.78 is 10.9. The summed E-state index contributed by atoms with van der Waals surface area (Å²) in [6.45, 7) is 8.93. The standard InChI is InChI=1S/C26H28O2Si2/c1-5-29(17-11-7-15(27-3)8-12-17)23-19-20-24(29)22-21(23)25(19)30(6-2,26(20)22)18-13-9-16(28-4)10-14-18/h5-14,19-26H,1-2H2,3-4H3. The van der Waals surface area contributed by atoms with Gasteiger partial charge in [0.2, 0.25) is 0 Å². The molecule has 152 valence electrons. The summed E-state index contributed by atoms with van der Waals surface area (Å²) in [4.78, 5) is 0. The van der Waals surface area contributed by atoms with E-state index in [0.717, 1.165) is 57.3 Å². The molecule has 2 aromatic carbocycles. The Balaban J connectivity index is 1.31. The van der Waals surface area contributed by atoms with Crippen LogP contribution < -0.4 is 19.8 Å². The Kier molecular flexibility index (Phi) is 3.17. The lowest BCUT2D eigenvalue weighted by molar-refractivity contribution is -0.0323. The average Bonchev–Trinajstić information content (AvgIpc) is 3.29. The van der Waals surface area contributed by atoms with Crippen LogP contribution in [0.5, 0.6) is 11.5 Å². The summed E-state index contributed by atoms with van der Waals surface area (Å²) in [5.41, 5.74) is 8.67. The van der Waals surface area contributed by atoms with Crippen molar-refractivity contribution in [3.63, 3.8) is 0 Å². The molecule has 2 aliphatic carbocycles. The monoisotopic (exact) mass is 428 g/mol. The maximum atomic E-state index is 5.43. The molecule has 6 aliphatic rings.